The third-order valence-corrected chi connectivity index (χ3v) is 2.97. The third kappa shape index (κ3) is 3.63. The van der Waals surface area contributed by atoms with E-state index in [0.29, 0.717) is 17.9 Å². The van der Waals surface area contributed by atoms with Crippen molar-refractivity contribution in [1.82, 2.24) is 9.47 Å². The molecule has 0 unspecified atom stereocenters. The van der Waals surface area contributed by atoms with Crippen LogP contribution >= 0.6 is 0 Å². The van der Waals surface area contributed by atoms with Crippen LogP contribution in [0, 0.1) is 0 Å². The number of nitrogens with two attached hydrogens (primary N) is 1. The van der Waals surface area contributed by atoms with Gasteiger partial charge in [-0.3, -0.25) is 4.79 Å². The molecule has 0 aromatic carbocycles. The summed E-state index contributed by atoms with van der Waals surface area (Å²) in [5.41, 5.74) is 6.85. The number of nitrogens with zero attached hydrogens (tertiary/aromatic N) is 2. The van der Waals surface area contributed by atoms with Gasteiger partial charge in [0.2, 0.25) is 0 Å². The van der Waals surface area contributed by atoms with Gasteiger partial charge in [-0.15, -0.1) is 6.58 Å². The number of hydrogen-bond acceptors (Lipinski definition) is 2. The van der Waals surface area contributed by atoms with Crippen molar-refractivity contribution in [3.05, 3.63) is 30.6 Å². The first-order chi connectivity index (χ1) is 8.81. The van der Waals surface area contributed by atoms with Crippen LogP contribution < -0.4 is 5.73 Å². The van der Waals surface area contributed by atoms with Gasteiger partial charge in [0.05, 0.1) is 5.69 Å². The minimum atomic E-state index is -0.249. The van der Waals surface area contributed by atoms with Crippen LogP contribution in [0.3, 0.4) is 0 Å². The van der Waals surface area contributed by atoms with Gasteiger partial charge in [0.25, 0.3) is 5.91 Å². The number of anilines is 1. The fourth-order valence-corrected chi connectivity index (χ4v) is 2.07. The number of hydrogen-bond donors (Lipinski definition) is 1. The largest absolute Gasteiger partial charge is 0.397 e. The molecule has 19 heavy (non-hydrogen) atoms. The third-order valence-electron chi connectivity index (χ3n) is 2.97. The van der Waals surface area contributed by atoms with Crippen molar-refractivity contribution in [3.63, 3.8) is 0 Å². The smallest absolute Gasteiger partial charge is 0.271 e. The molecule has 1 rings (SSSR count). The number of aryl methyl sites for hydroxylation is 1. The van der Waals surface area contributed by atoms with Crippen LogP contribution in [0.25, 0.3) is 0 Å². The zero-order chi connectivity index (χ0) is 14.6. The number of rotatable bonds is 5. The number of carbonyl (C=O) groups is 1. The molecule has 0 aliphatic carbocycles. The van der Waals surface area contributed by atoms with E-state index in [2.05, 4.69) is 13.5 Å². The normalized spacial score (nSPS) is 11.4. The Kier molecular flexibility index (Phi) is 4.81. The molecule has 0 bridgehead atoms. The van der Waals surface area contributed by atoms with E-state index >= 15 is 0 Å². The predicted octanol–water partition coefficient (Wildman–Crippen LogP) is 2.91. The molecule has 1 aromatic heterocycles. The number of aromatic nitrogens is 1. The van der Waals surface area contributed by atoms with Gasteiger partial charge in [-0.05, 0) is 33.3 Å². The van der Waals surface area contributed by atoms with Gasteiger partial charge in [0.1, 0.15) is 5.69 Å². The highest BCUT2D eigenvalue weighted by molar-refractivity contribution is 5.94. The summed E-state index contributed by atoms with van der Waals surface area (Å²) in [7, 11) is 0. The van der Waals surface area contributed by atoms with Crippen LogP contribution in [-0.2, 0) is 6.54 Å². The molecule has 0 aliphatic rings. The standard InChI is InChI=1S/C15H25N3O/c1-6-8-17-11-12(16)10-13(17)14(19)18(9-7-2)15(3,4)5/h7,10-11H,2,6,8-9,16H2,1,3-5H3. The highest BCUT2D eigenvalue weighted by Gasteiger charge is 2.28. The highest BCUT2D eigenvalue weighted by Crippen LogP contribution is 2.20. The van der Waals surface area contributed by atoms with E-state index in [0.717, 1.165) is 13.0 Å². The Balaban J connectivity index is 3.12. The van der Waals surface area contributed by atoms with Gasteiger partial charge in [-0.1, -0.05) is 13.0 Å². The molecule has 0 atom stereocenters. The maximum atomic E-state index is 12.7. The second-order valence-electron chi connectivity index (χ2n) is 5.73. The average Bonchev–Trinajstić information content (AvgIpc) is 2.65. The Morgan fingerprint density at radius 2 is 2.16 bits per heavy atom. The van der Waals surface area contributed by atoms with Crippen molar-refractivity contribution in [2.75, 3.05) is 12.3 Å². The summed E-state index contributed by atoms with van der Waals surface area (Å²) in [6, 6.07) is 1.75. The van der Waals surface area contributed by atoms with Crippen molar-refractivity contribution in [3.8, 4) is 0 Å². The van der Waals surface area contributed by atoms with E-state index in [1.54, 1.807) is 17.0 Å². The maximum absolute atomic E-state index is 12.7. The Hall–Kier alpha value is -1.71. The lowest BCUT2D eigenvalue weighted by Crippen LogP contribution is -2.46. The zero-order valence-corrected chi connectivity index (χ0v) is 12.4. The lowest BCUT2D eigenvalue weighted by atomic mass is 10.1. The summed E-state index contributed by atoms with van der Waals surface area (Å²) in [5.74, 6) is -0.00227. The van der Waals surface area contributed by atoms with Gasteiger partial charge < -0.3 is 15.2 Å². The fraction of sp³-hybridized carbons (Fsp3) is 0.533. The van der Waals surface area contributed by atoms with Crippen LogP contribution in [0.2, 0.25) is 0 Å². The number of amides is 1. The van der Waals surface area contributed by atoms with Crippen LogP contribution in [0.15, 0.2) is 24.9 Å². The molecule has 0 saturated heterocycles. The monoisotopic (exact) mass is 263 g/mol. The first kappa shape index (κ1) is 15.3. The SMILES string of the molecule is C=CCN(C(=O)c1cc(N)cn1CCC)C(C)(C)C. The lowest BCUT2D eigenvalue weighted by Gasteiger charge is -2.35. The quantitative estimate of drug-likeness (QED) is 0.830. The van der Waals surface area contributed by atoms with Crippen LogP contribution in [-0.4, -0.2) is 27.5 Å². The Morgan fingerprint density at radius 1 is 1.53 bits per heavy atom. The second kappa shape index (κ2) is 5.95. The molecule has 0 saturated carbocycles. The maximum Gasteiger partial charge on any atom is 0.271 e. The molecule has 0 fully saturated rings. The molecular weight excluding hydrogens is 238 g/mol. The van der Waals surface area contributed by atoms with Gasteiger partial charge in [0, 0.05) is 24.8 Å². The van der Waals surface area contributed by atoms with Crippen molar-refractivity contribution in [1.29, 1.82) is 0 Å². The molecule has 0 aliphatic heterocycles. The lowest BCUT2D eigenvalue weighted by molar-refractivity contribution is 0.0605. The molecule has 2 N–H and O–H groups in total. The van der Waals surface area contributed by atoms with E-state index in [-0.39, 0.29) is 11.4 Å². The number of carbonyl (C=O) groups excluding carboxylic acids is 1. The molecule has 4 nitrogen and oxygen atoms in total. The summed E-state index contributed by atoms with van der Waals surface area (Å²) in [6.07, 6.45) is 4.54. The molecule has 106 valence electrons. The molecule has 0 radical (unpaired) electrons. The molecule has 0 spiro atoms. The van der Waals surface area contributed by atoms with Gasteiger partial charge >= 0.3 is 0 Å². The fourth-order valence-electron chi connectivity index (χ4n) is 2.07. The van der Waals surface area contributed by atoms with Crippen molar-refractivity contribution in [2.24, 2.45) is 0 Å². The molecular formula is C15H25N3O. The first-order valence-corrected chi connectivity index (χ1v) is 6.69. The minimum absolute atomic E-state index is 0.00227. The molecule has 1 heterocycles. The van der Waals surface area contributed by atoms with E-state index < -0.39 is 0 Å². The first-order valence-electron chi connectivity index (χ1n) is 6.69. The van der Waals surface area contributed by atoms with Gasteiger partial charge in [-0.25, -0.2) is 0 Å². The van der Waals surface area contributed by atoms with E-state index in [1.807, 2.05) is 31.5 Å². The van der Waals surface area contributed by atoms with Gasteiger partial charge in [-0.2, -0.15) is 0 Å². The van der Waals surface area contributed by atoms with E-state index in [1.165, 1.54) is 0 Å². The van der Waals surface area contributed by atoms with Crippen LogP contribution in [0.5, 0.6) is 0 Å². The summed E-state index contributed by atoms with van der Waals surface area (Å²) in [4.78, 5) is 14.5. The minimum Gasteiger partial charge on any atom is -0.397 e. The molecule has 1 aromatic rings. The van der Waals surface area contributed by atoms with E-state index in [4.69, 9.17) is 5.73 Å². The summed E-state index contributed by atoms with van der Waals surface area (Å²) in [6.45, 7) is 13.2. The summed E-state index contributed by atoms with van der Waals surface area (Å²) in [5, 5.41) is 0. The molecule has 4 heteroatoms. The topological polar surface area (TPSA) is 51.3 Å². The van der Waals surface area contributed by atoms with Gasteiger partial charge in [0.15, 0.2) is 0 Å². The second-order valence-corrected chi connectivity index (χ2v) is 5.73. The summed E-state index contributed by atoms with van der Waals surface area (Å²) < 4.78 is 1.93. The highest BCUT2D eigenvalue weighted by atomic mass is 16.2. The predicted molar refractivity (Wildman–Crippen MR) is 80.1 cm³/mol. The Morgan fingerprint density at radius 3 is 2.63 bits per heavy atom. The zero-order valence-electron chi connectivity index (χ0n) is 12.4. The van der Waals surface area contributed by atoms with Crippen LogP contribution in [0.1, 0.15) is 44.6 Å². The Labute approximate surface area is 115 Å². The average molecular weight is 263 g/mol. The van der Waals surface area contributed by atoms with E-state index in [9.17, 15) is 4.79 Å². The van der Waals surface area contributed by atoms with Crippen molar-refractivity contribution < 1.29 is 4.79 Å². The summed E-state index contributed by atoms with van der Waals surface area (Å²) >= 11 is 0. The number of nitrogen functional groups attached to an aromatic ring is 1. The Bertz CT molecular complexity index is 454. The molecule has 1 amide bonds. The van der Waals surface area contributed by atoms with Crippen molar-refractivity contribution in [2.45, 2.75) is 46.2 Å². The van der Waals surface area contributed by atoms with Crippen molar-refractivity contribution >= 4 is 11.6 Å². The van der Waals surface area contributed by atoms with Crippen LogP contribution in [0.4, 0.5) is 5.69 Å².